The van der Waals surface area contributed by atoms with E-state index in [4.69, 9.17) is 0 Å². The minimum atomic E-state index is -3.95. The highest BCUT2D eigenvalue weighted by Crippen LogP contribution is 2.24. The average Bonchev–Trinajstić information content (AvgIpc) is 3.25. The highest BCUT2D eigenvalue weighted by Gasteiger charge is 2.19. The molecule has 9 nitrogen and oxygen atoms in total. The third kappa shape index (κ3) is 5.43. The molecule has 3 aromatic heterocycles. The fourth-order valence-corrected chi connectivity index (χ4v) is 4.88. The lowest BCUT2D eigenvalue weighted by molar-refractivity contribution is -0.114. The van der Waals surface area contributed by atoms with Gasteiger partial charge in [0.05, 0.1) is 5.69 Å². The Labute approximate surface area is 188 Å². The summed E-state index contributed by atoms with van der Waals surface area (Å²) < 4.78 is 33.0. The Morgan fingerprint density at radius 3 is 2.62 bits per heavy atom. The lowest BCUT2D eigenvalue weighted by Crippen LogP contribution is -2.44. The molecule has 10 heteroatoms. The van der Waals surface area contributed by atoms with E-state index in [1.54, 1.807) is 17.0 Å². The number of aromatic nitrogens is 4. The van der Waals surface area contributed by atoms with Gasteiger partial charge in [-0.2, -0.15) is 18.2 Å². The van der Waals surface area contributed by atoms with Crippen molar-refractivity contribution in [2.75, 3.05) is 0 Å². The van der Waals surface area contributed by atoms with Crippen LogP contribution in [-0.2, 0) is 22.1 Å². The van der Waals surface area contributed by atoms with Crippen LogP contribution in [0.4, 0.5) is 0 Å². The number of nitrogens with zero attached hydrogens (tertiary/aromatic N) is 4. The molecule has 0 spiro atoms. The smallest absolute Gasteiger partial charge is 0.285 e. The Morgan fingerprint density at radius 1 is 1.22 bits per heavy atom. The standard InChI is InChI=1S/C22H30N6O3S/c1-5-8-18(9-6-2)25-32(30,31)26-20(29)12-11-19-16(3)24-27(4)22(19)28-15-13-17-10-7-14-23-21(17)28/h7,10-15,18,25H,5-6,8-9H2,1-4H3,(H,26,29)/b12-11+. The quantitative estimate of drug-likeness (QED) is 0.454. The lowest BCUT2D eigenvalue weighted by Gasteiger charge is -2.17. The predicted molar refractivity (Wildman–Crippen MR) is 125 cm³/mol. The first-order valence-corrected chi connectivity index (χ1v) is 12.2. The SMILES string of the molecule is CCCC(CCC)NS(=O)(=O)NC(=O)/C=C/c1c(C)nn(C)c1-n1ccc2cccnc21. The number of nitrogens with one attached hydrogen (secondary N) is 2. The fourth-order valence-electron chi connectivity index (χ4n) is 3.81. The van der Waals surface area contributed by atoms with Crippen molar-refractivity contribution < 1.29 is 13.2 Å². The zero-order chi connectivity index (χ0) is 23.3. The van der Waals surface area contributed by atoms with E-state index in [2.05, 4.69) is 19.5 Å². The maximum absolute atomic E-state index is 12.4. The van der Waals surface area contributed by atoms with Crippen LogP contribution in [0.3, 0.4) is 0 Å². The highest BCUT2D eigenvalue weighted by molar-refractivity contribution is 7.88. The van der Waals surface area contributed by atoms with Crippen LogP contribution >= 0.6 is 0 Å². The molecule has 2 N–H and O–H groups in total. The largest absolute Gasteiger partial charge is 0.301 e. The van der Waals surface area contributed by atoms with Gasteiger partial charge in [-0.1, -0.05) is 26.7 Å². The van der Waals surface area contributed by atoms with Crippen LogP contribution < -0.4 is 9.44 Å². The maximum Gasteiger partial charge on any atom is 0.301 e. The molecule has 3 aromatic rings. The molecule has 172 valence electrons. The molecular weight excluding hydrogens is 428 g/mol. The van der Waals surface area contributed by atoms with Gasteiger partial charge in [0.15, 0.2) is 0 Å². The van der Waals surface area contributed by atoms with E-state index >= 15 is 0 Å². The Hall–Kier alpha value is -2.98. The van der Waals surface area contributed by atoms with Crippen molar-refractivity contribution in [2.24, 2.45) is 7.05 Å². The molecule has 0 fully saturated rings. The Balaban J connectivity index is 1.82. The molecule has 0 aromatic carbocycles. The van der Waals surface area contributed by atoms with E-state index in [-0.39, 0.29) is 6.04 Å². The van der Waals surface area contributed by atoms with Gasteiger partial charge in [-0.15, -0.1) is 0 Å². The van der Waals surface area contributed by atoms with Crippen molar-refractivity contribution in [3.8, 4) is 5.82 Å². The second-order valence-corrected chi connectivity index (χ2v) is 9.19. The minimum absolute atomic E-state index is 0.194. The van der Waals surface area contributed by atoms with E-state index in [9.17, 15) is 13.2 Å². The van der Waals surface area contributed by atoms with E-state index in [1.165, 1.54) is 6.08 Å². The summed E-state index contributed by atoms with van der Waals surface area (Å²) in [6.07, 6.45) is 9.54. The first-order valence-electron chi connectivity index (χ1n) is 10.7. The Kier molecular flexibility index (Phi) is 7.47. The number of rotatable bonds is 10. The normalized spacial score (nSPS) is 12.3. The molecule has 0 radical (unpaired) electrons. The van der Waals surface area contributed by atoms with Crippen LogP contribution in [0.5, 0.6) is 0 Å². The lowest BCUT2D eigenvalue weighted by atomic mass is 10.1. The van der Waals surface area contributed by atoms with Gasteiger partial charge in [0.2, 0.25) is 0 Å². The molecule has 0 aliphatic carbocycles. The molecule has 3 heterocycles. The van der Waals surface area contributed by atoms with E-state index < -0.39 is 16.1 Å². The summed E-state index contributed by atoms with van der Waals surface area (Å²) in [6.45, 7) is 5.82. The molecule has 0 aliphatic rings. The van der Waals surface area contributed by atoms with Crippen molar-refractivity contribution in [3.05, 3.63) is 47.9 Å². The van der Waals surface area contributed by atoms with Crippen molar-refractivity contribution in [2.45, 2.75) is 52.5 Å². The summed E-state index contributed by atoms with van der Waals surface area (Å²) in [5.41, 5.74) is 2.17. The molecular formula is C22H30N6O3S. The Bertz CT molecular complexity index is 1220. The number of aryl methyl sites for hydroxylation is 2. The predicted octanol–water partition coefficient (Wildman–Crippen LogP) is 3.00. The summed E-state index contributed by atoms with van der Waals surface area (Å²) in [5.74, 6) is 0.00104. The van der Waals surface area contributed by atoms with Gasteiger partial charge < -0.3 is 0 Å². The third-order valence-corrected chi connectivity index (χ3v) is 6.26. The molecule has 3 rings (SSSR count). The zero-order valence-corrected chi connectivity index (χ0v) is 19.7. The molecule has 0 saturated heterocycles. The summed E-state index contributed by atoms with van der Waals surface area (Å²) in [5, 5.41) is 5.44. The molecule has 0 aliphatic heterocycles. The van der Waals surface area contributed by atoms with Gasteiger partial charge in [-0.25, -0.2) is 9.71 Å². The molecule has 0 atom stereocenters. The van der Waals surface area contributed by atoms with Gasteiger partial charge in [0.1, 0.15) is 11.5 Å². The molecule has 0 unspecified atom stereocenters. The summed E-state index contributed by atoms with van der Waals surface area (Å²) >= 11 is 0. The van der Waals surface area contributed by atoms with Gasteiger partial charge in [-0.05, 0) is 44.0 Å². The fraction of sp³-hybridized carbons (Fsp3) is 0.409. The first kappa shape index (κ1) is 23.7. The van der Waals surface area contributed by atoms with Crippen LogP contribution in [0.1, 0.15) is 50.8 Å². The topological polar surface area (TPSA) is 111 Å². The van der Waals surface area contributed by atoms with Crippen LogP contribution in [-0.4, -0.2) is 39.7 Å². The van der Waals surface area contributed by atoms with Gasteiger partial charge >= 0.3 is 10.2 Å². The molecule has 0 saturated carbocycles. The van der Waals surface area contributed by atoms with E-state index in [0.29, 0.717) is 11.3 Å². The minimum Gasteiger partial charge on any atom is -0.285 e. The van der Waals surface area contributed by atoms with Crippen LogP contribution in [0.15, 0.2) is 36.7 Å². The second-order valence-electron chi connectivity index (χ2n) is 7.74. The van der Waals surface area contributed by atoms with Crippen molar-refractivity contribution in [3.63, 3.8) is 0 Å². The van der Waals surface area contributed by atoms with Crippen LogP contribution in [0.25, 0.3) is 22.9 Å². The Morgan fingerprint density at radius 2 is 1.94 bits per heavy atom. The van der Waals surface area contributed by atoms with Crippen molar-refractivity contribution >= 4 is 33.2 Å². The van der Waals surface area contributed by atoms with Crippen LogP contribution in [0, 0.1) is 6.92 Å². The number of fused-ring (bicyclic) bond motifs is 1. The summed E-state index contributed by atoms with van der Waals surface area (Å²) in [4.78, 5) is 16.8. The number of carbonyl (C=O) groups is 1. The van der Waals surface area contributed by atoms with E-state index in [1.807, 2.05) is 56.8 Å². The van der Waals surface area contributed by atoms with Crippen LogP contribution in [0.2, 0.25) is 0 Å². The number of amides is 1. The molecule has 32 heavy (non-hydrogen) atoms. The summed E-state index contributed by atoms with van der Waals surface area (Å²) in [6, 6.07) is 5.59. The molecule has 1 amide bonds. The van der Waals surface area contributed by atoms with Crippen molar-refractivity contribution in [1.29, 1.82) is 0 Å². The zero-order valence-electron chi connectivity index (χ0n) is 18.9. The van der Waals surface area contributed by atoms with Gasteiger partial charge in [-0.3, -0.25) is 14.0 Å². The van der Waals surface area contributed by atoms with Crippen molar-refractivity contribution in [1.82, 2.24) is 28.8 Å². The number of hydrogen-bond acceptors (Lipinski definition) is 5. The molecule has 0 bridgehead atoms. The van der Waals surface area contributed by atoms with Gasteiger partial charge in [0.25, 0.3) is 5.91 Å². The van der Waals surface area contributed by atoms with E-state index in [0.717, 1.165) is 42.5 Å². The first-order chi connectivity index (χ1) is 15.3. The number of hydrogen-bond donors (Lipinski definition) is 2. The van der Waals surface area contributed by atoms with Gasteiger partial charge in [0, 0.05) is 42.5 Å². The number of carbonyl (C=O) groups excluding carboxylic acids is 1. The third-order valence-electron chi connectivity index (χ3n) is 5.15. The number of pyridine rings is 1. The average molecular weight is 459 g/mol. The summed E-state index contributed by atoms with van der Waals surface area (Å²) in [7, 11) is -2.14. The highest BCUT2D eigenvalue weighted by atomic mass is 32.2. The monoisotopic (exact) mass is 458 g/mol. The maximum atomic E-state index is 12.4. The second kappa shape index (κ2) is 10.1.